The van der Waals surface area contributed by atoms with Gasteiger partial charge in [-0.15, -0.1) is 0 Å². The molecule has 0 aliphatic heterocycles. The van der Waals surface area contributed by atoms with Gasteiger partial charge in [-0.05, 0) is 38.5 Å². The highest BCUT2D eigenvalue weighted by Crippen LogP contribution is 2.32. The third kappa shape index (κ3) is 7.08. The molecule has 0 saturated carbocycles. The number of nitrogens with zero attached hydrogens (tertiary/aromatic N) is 8. The Labute approximate surface area is 267 Å². The molecule has 0 aliphatic carbocycles. The predicted octanol–water partition coefficient (Wildman–Crippen LogP) is 2.17. The molecule has 0 radical (unpaired) electrons. The molecule has 0 saturated heterocycles. The zero-order valence-corrected chi connectivity index (χ0v) is 25.3. The summed E-state index contributed by atoms with van der Waals surface area (Å²) in [6.07, 6.45) is 0.234. The van der Waals surface area contributed by atoms with Gasteiger partial charge in [0, 0.05) is 36.0 Å². The highest BCUT2D eigenvalue weighted by atomic mass is 19.4. The summed E-state index contributed by atoms with van der Waals surface area (Å²) >= 11 is 0. The van der Waals surface area contributed by atoms with Crippen molar-refractivity contribution in [3.05, 3.63) is 82.6 Å². The van der Waals surface area contributed by atoms with Crippen LogP contribution in [0.15, 0.2) is 54.1 Å². The second kappa shape index (κ2) is 12.8. The first kappa shape index (κ1) is 34.2. The lowest BCUT2D eigenvalue weighted by Crippen LogP contribution is -2.50. The number of hydrogen-bond donors (Lipinski definition) is 3. The third-order valence-electron chi connectivity index (χ3n) is 7.27. The van der Waals surface area contributed by atoms with Gasteiger partial charge in [-0.1, -0.05) is 6.07 Å². The molecule has 0 aliphatic rings. The number of alkyl halides is 5. The van der Waals surface area contributed by atoms with Crippen LogP contribution in [0.4, 0.5) is 26.3 Å². The van der Waals surface area contributed by atoms with E-state index in [1.54, 1.807) is 6.92 Å². The van der Waals surface area contributed by atoms with E-state index in [1.807, 2.05) is 0 Å². The predicted molar refractivity (Wildman–Crippen MR) is 157 cm³/mol. The van der Waals surface area contributed by atoms with Crippen LogP contribution < -0.4 is 16.3 Å². The lowest BCUT2D eigenvalue weighted by Gasteiger charge is -2.30. The molecule has 5 rings (SSSR count). The maximum absolute atomic E-state index is 14.9. The van der Waals surface area contributed by atoms with Crippen molar-refractivity contribution < 1.29 is 41.2 Å². The number of carbonyl (C=O) groups excluding carboxylic acids is 1. The van der Waals surface area contributed by atoms with Gasteiger partial charge in [0.25, 0.3) is 5.56 Å². The Morgan fingerprint density at radius 1 is 1.08 bits per heavy atom. The molecule has 48 heavy (non-hydrogen) atoms. The number of aryl methyl sites for hydroxylation is 1. The highest BCUT2D eigenvalue weighted by molar-refractivity contribution is 6.61. The van der Waals surface area contributed by atoms with Gasteiger partial charge >= 0.3 is 19.8 Å². The fraction of sp³-hybridized carbons (Fsp3) is 0.321. The minimum atomic E-state index is -4.81. The molecule has 1 aromatic carbocycles. The molecular weight excluding hydrogens is 651 g/mol. The summed E-state index contributed by atoms with van der Waals surface area (Å²) in [7, 11) is -2.12. The molecular formula is C28H26BF6N9O4. The standard InChI is InChI=1S/C28H26BF6N9O4/c1-14-36-9-16(10-37-14)19-7-21(28(33,34)35)41-44(19)12-27(2,3)40-24(45)20(6-15-8-39-43(11-15)26(31)32)42-13-38-23-17(29(47)48)4-5-18(30)22(23)25(42)46/h4-5,7-11,13,20,26,47-48H,6,12H2,1-3H3,(H,40,45)/t20-/m1/s1. The highest BCUT2D eigenvalue weighted by Gasteiger charge is 2.37. The van der Waals surface area contributed by atoms with E-state index < -0.39 is 66.2 Å². The van der Waals surface area contributed by atoms with Gasteiger partial charge in [-0.2, -0.15) is 32.1 Å². The third-order valence-corrected chi connectivity index (χ3v) is 7.27. The van der Waals surface area contributed by atoms with E-state index in [9.17, 15) is 46.0 Å². The van der Waals surface area contributed by atoms with Gasteiger partial charge in [0.1, 0.15) is 23.1 Å². The second-order valence-electron chi connectivity index (χ2n) is 11.5. The molecule has 4 aromatic heterocycles. The van der Waals surface area contributed by atoms with Gasteiger partial charge in [0.2, 0.25) is 5.91 Å². The van der Waals surface area contributed by atoms with Crippen LogP contribution in [0.1, 0.15) is 43.5 Å². The summed E-state index contributed by atoms with van der Waals surface area (Å²) in [5, 5.41) is 28.6. The summed E-state index contributed by atoms with van der Waals surface area (Å²) in [5.41, 5.74) is -4.10. The van der Waals surface area contributed by atoms with E-state index in [-0.39, 0.29) is 34.3 Å². The molecule has 0 bridgehead atoms. The van der Waals surface area contributed by atoms with E-state index in [0.29, 0.717) is 10.5 Å². The Kier molecular flexibility index (Phi) is 9.15. The Balaban J connectivity index is 1.54. The fourth-order valence-electron chi connectivity index (χ4n) is 5.05. The Morgan fingerprint density at radius 2 is 1.77 bits per heavy atom. The number of aromatic nitrogens is 8. The minimum absolute atomic E-state index is 0.00656. The average Bonchev–Trinajstić information content (AvgIpc) is 3.64. The quantitative estimate of drug-likeness (QED) is 0.148. The number of halogens is 6. The van der Waals surface area contributed by atoms with Crippen LogP contribution in [0.5, 0.6) is 0 Å². The molecule has 5 aromatic rings. The van der Waals surface area contributed by atoms with Crippen LogP contribution in [0.25, 0.3) is 22.2 Å². The summed E-state index contributed by atoms with van der Waals surface area (Å²) in [4.78, 5) is 39.6. The summed E-state index contributed by atoms with van der Waals surface area (Å²) < 4.78 is 84.6. The summed E-state index contributed by atoms with van der Waals surface area (Å²) in [6.45, 7) is 1.17. The Hall–Kier alpha value is -5.11. The van der Waals surface area contributed by atoms with Crippen molar-refractivity contribution in [1.29, 1.82) is 0 Å². The molecule has 0 fully saturated rings. The second-order valence-corrected chi connectivity index (χ2v) is 11.5. The fourth-order valence-corrected chi connectivity index (χ4v) is 5.05. The van der Waals surface area contributed by atoms with Crippen molar-refractivity contribution in [1.82, 2.24) is 44.4 Å². The summed E-state index contributed by atoms with van der Waals surface area (Å²) in [5.74, 6) is -1.63. The van der Waals surface area contributed by atoms with Crippen LogP contribution >= 0.6 is 0 Å². The number of carbonyl (C=O) groups is 1. The van der Waals surface area contributed by atoms with E-state index >= 15 is 0 Å². The Bertz CT molecular complexity index is 2030. The molecule has 0 spiro atoms. The SMILES string of the molecule is Cc1ncc(-c2cc(C(F)(F)F)nn2CC(C)(C)NC(=O)[C@@H](Cc2cnn(C(F)F)c2)n2cnc3c(B(O)O)ccc(F)c3c2=O)cn1. The number of rotatable bonds is 10. The first-order chi connectivity index (χ1) is 22.4. The molecule has 0 unspecified atom stereocenters. The first-order valence-electron chi connectivity index (χ1n) is 14.1. The number of benzene rings is 1. The molecule has 252 valence electrons. The van der Waals surface area contributed by atoms with Crippen molar-refractivity contribution in [2.75, 3.05) is 0 Å². The van der Waals surface area contributed by atoms with Gasteiger partial charge in [0.15, 0.2) is 5.69 Å². The van der Waals surface area contributed by atoms with Gasteiger partial charge in [0.05, 0.1) is 35.8 Å². The van der Waals surface area contributed by atoms with Gasteiger partial charge in [-0.25, -0.2) is 24.0 Å². The van der Waals surface area contributed by atoms with E-state index in [0.717, 1.165) is 46.2 Å². The van der Waals surface area contributed by atoms with Crippen molar-refractivity contribution in [3.63, 3.8) is 0 Å². The van der Waals surface area contributed by atoms with Crippen LogP contribution in [0, 0.1) is 12.7 Å². The molecule has 13 nitrogen and oxygen atoms in total. The van der Waals surface area contributed by atoms with Crippen LogP contribution in [0.3, 0.4) is 0 Å². The normalized spacial score (nSPS) is 12.9. The zero-order valence-electron chi connectivity index (χ0n) is 25.3. The lowest BCUT2D eigenvalue weighted by molar-refractivity contribution is -0.141. The van der Waals surface area contributed by atoms with E-state index in [1.165, 1.54) is 26.2 Å². The van der Waals surface area contributed by atoms with Gasteiger partial charge < -0.3 is 15.4 Å². The molecule has 1 amide bonds. The number of amides is 1. The molecule has 1 atom stereocenters. The van der Waals surface area contributed by atoms with Crippen LogP contribution in [0.2, 0.25) is 0 Å². The minimum Gasteiger partial charge on any atom is -0.423 e. The number of hydrogen-bond acceptors (Lipinski definition) is 9. The first-order valence-corrected chi connectivity index (χ1v) is 14.1. The summed E-state index contributed by atoms with van der Waals surface area (Å²) in [6, 6.07) is 1.05. The smallest absolute Gasteiger partial charge is 0.423 e. The zero-order chi connectivity index (χ0) is 35.1. The number of fused-ring (bicyclic) bond motifs is 1. The largest absolute Gasteiger partial charge is 0.490 e. The van der Waals surface area contributed by atoms with Crippen LogP contribution in [-0.4, -0.2) is 67.7 Å². The van der Waals surface area contributed by atoms with E-state index in [4.69, 9.17) is 0 Å². The average molecular weight is 677 g/mol. The topological polar surface area (TPSA) is 166 Å². The van der Waals surface area contributed by atoms with Gasteiger partial charge in [-0.3, -0.25) is 18.8 Å². The van der Waals surface area contributed by atoms with Crippen molar-refractivity contribution in [2.24, 2.45) is 0 Å². The van der Waals surface area contributed by atoms with E-state index in [2.05, 4.69) is 30.5 Å². The maximum atomic E-state index is 14.9. The van der Waals surface area contributed by atoms with Crippen molar-refractivity contribution in [2.45, 2.75) is 58.0 Å². The molecule has 3 N–H and O–H groups in total. The molecule has 4 heterocycles. The van der Waals surface area contributed by atoms with Crippen molar-refractivity contribution in [3.8, 4) is 11.3 Å². The van der Waals surface area contributed by atoms with Crippen LogP contribution in [-0.2, 0) is 23.9 Å². The lowest BCUT2D eigenvalue weighted by atomic mass is 9.79. The molecule has 20 heteroatoms. The monoisotopic (exact) mass is 677 g/mol. The number of nitrogens with one attached hydrogen (secondary N) is 1. The maximum Gasteiger partial charge on any atom is 0.490 e. The Morgan fingerprint density at radius 3 is 2.38 bits per heavy atom. The van der Waals surface area contributed by atoms with Crippen molar-refractivity contribution >= 4 is 29.4 Å².